The monoisotopic (exact) mass is 214 g/mol. The number of rotatable bonds is 3. The summed E-state index contributed by atoms with van der Waals surface area (Å²) in [5.41, 5.74) is 4.37. The molecule has 15 heavy (non-hydrogen) atoms. The summed E-state index contributed by atoms with van der Waals surface area (Å²) in [6, 6.07) is 2.06. The molecule has 3 N–H and O–H groups in total. The molecule has 82 valence electrons. The molecule has 1 rings (SSSR count). The zero-order valence-electron chi connectivity index (χ0n) is 8.31. The van der Waals surface area contributed by atoms with Gasteiger partial charge in [-0.05, 0) is 18.6 Å². The van der Waals surface area contributed by atoms with Gasteiger partial charge in [-0.1, -0.05) is 6.92 Å². The van der Waals surface area contributed by atoms with Crippen LogP contribution in [0.25, 0.3) is 0 Å². The Balaban J connectivity index is 3.02. The Morgan fingerprint density at radius 2 is 2.13 bits per heavy atom. The molecule has 0 spiro atoms. The minimum atomic E-state index is -1.01. The fraction of sp³-hybridized carbons (Fsp3) is 0.300. The van der Waals surface area contributed by atoms with Gasteiger partial charge in [0.15, 0.2) is 5.82 Å². The van der Waals surface area contributed by atoms with Crippen molar-refractivity contribution in [2.75, 3.05) is 12.3 Å². The highest BCUT2D eigenvalue weighted by Crippen LogP contribution is 2.18. The van der Waals surface area contributed by atoms with Crippen LogP contribution in [0.3, 0.4) is 0 Å². The lowest BCUT2D eigenvalue weighted by molar-refractivity contribution is 0.0945. The van der Waals surface area contributed by atoms with E-state index in [0.717, 1.165) is 12.1 Å². The number of hydrogen-bond acceptors (Lipinski definition) is 2. The lowest BCUT2D eigenvalue weighted by Crippen LogP contribution is -2.26. The van der Waals surface area contributed by atoms with E-state index in [4.69, 9.17) is 5.73 Å². The Kier molecular flexibility index (Phi) is 3.60. The summed E-state index contributed by atoms with van der Waals surface area (Å²) in [5.74, 6) is -2.70. The van der Waals surface area contributed by atoms with Gasteiger partial charge in [0, 0.05) is 6.54 Å². The van der Waals surface area contributed by atoms with E-state index in [1.165, 1.54) is 0 Å². The quantitative estimate of drug-likeness (QED) is 0.752. The Morgan fingerprint density at radius 1 is 1.47 bits per heavy atom. The average molecular weight is 214 g/mol. The topological polar surface area (TPSA) is 55.1 Å². The first-order valence-corrected chi connectivity index (χ1v) is 4.59. The molecule has 1 aromatic carbocycles. The lowest BCUT2D eigenvalue weighted by Gasteiger charge is -2.07. The van der Waals surface area contributed by atoms with Crippen molar-refractivity contribution in [3.05, 3.63) is 29.3 Å². The summed E-state index contributed by atoms with van der Waals surface area (Å²) in [6.45, 7) is 2.21. The number of nitrogens with two attached hydrogens (primary N) is 1. The maximum Gasteiger partial charge on any atom is 0.257 e. The predicted molar refractivity (Wildman–Crippen MR) is 53.4 cm³/mol. The van der Waals surface area contributed by atoms with Crippen molar-refractivity contribution in [2.24, 2.45) is 0 Å². The first-order valence-electron chi connectivity index (χ1n) is 4.59. The number of nitrogen functional groups attached to an aromatic ring is 1. The van der Waals surface area contributed by atoms with Crippen LogP contribution < -0.4 is 11.1 Å². The van der Waals surface area contributed by atoms with Crippen LogP contribution in [-0.2, 0) is 0 Å². The molecule has 0 aliphatic carbocycles. The fourth-order valence-electron chi connectivity index (χ4n) is 1.10. The summed E-state index contributed by atoms with van der Waals surface area (Å²) < 4.78 is 26.5. The lowest BCUT2D eigenvalue weighted by atomic mass is 10.1. The minimum Gasteiger partial charge on any atom is -0.396 e. The van der Waals surface area contributed by atoms with E-state index in [-0.39, 0.29) is 5.69 Å². The predicted octanol–water partition coefficient (Wildman–Crippen LogP) is 1.69. The summed E-state index contributed by atoms with van der Waals surface area (Å²) >= 11 is 0. The maximum absolute atomic E-state index is 13.3. The van der Waals surface area contributed by atoms with Crippen LogP contribution in [0.5, 0.6) is 0 Å². The van der Waals surface area contributed by atoms with Gasteiger partial charge in [-0.25, -0.2) is 8.78 Å². The molecule has 0 radical (unpaired) electrons. The Labute approximate surface area is 86.3 Å². The molecule has 3 nitrogen and oxygen atoms in total. The average Bonchev–Trinajstić information content (AvgIpc) is 2.21. The van der Waals surface area contributed by atoms with E-state index in [1.54, 1.807) is 0 Å². The zero-order valence-corrected chi connectivity index (χ0v) is 8.31. The highest BCUT2D eigenvalue weighted by molar-refractivity contribution is 5.95. The number of anilines is 1. The number of amides is 1. The summed E-state index contributed by atoms with van der Waals surface area (Å²) in [7, 11) is 0. The van der Waals surface area contributed by atoms with E-state index < -0.39 is 23.1 Å². The molecule has 0 aliphatic heterocycles. The third-order valence-electron chi connectivity index (χ3n) is 1.88. The number of carbonyl (C=O) groups is 1. The van der Waals surface area contributed by atoms with Crippen LogP contribution in [0.2, 0.25) is 0 Å². The van der Waals surface area contributed by atoms with Crippen LogP contribution in [0, 0.1) is 11.6 Å². The molecule has 0 unspecified atom stereocenters. The summed E-state index contributed by atoms with van der Waals surface area (Å²) in [4.78, 5) is 11.4. The Morgan fingerprint density at radius 3 is 2.73 bits per heavy atom. The second-order valence-electron chi connectivity index (χ2n) is 3.08. The number of halogens is 2. The number of carbonyl (C=O) groups excluding carboxylic acids is 1. The fourth-order valence-corrected chi connectivity index (χ4v) is 1.10. The standard InChI is InChI=1S/C10H12F2N2O/c1-2-5-14-10(15)8-6(11)3-4-7(13)9(8)12/h3-4H,2,5,13H2,1H3,(H,14,15). The molecule has 1 amide bonds. The van der Waals surface area contributed by atoms with Crippen molar-refractivity contribution in [1.82, 2.24) is 5.32 Å². The van der Waals surface area contributed by atoms with Gasteiger partial charge in [0.2, 0.25) is 0 Å². The van der Waals surface area contributed by atoms with Crippen molar-refractivity contribution >= 4 is 11.6 Å². The van der Waals surface area contributed by atoms with Crippen molar-refractivity contribution in [1.29, 1.82) is 0 Å². The third kappa shape index (κ3) is 2.43. The van der Waals surface area contributed by atoms with E-state index in [9.17, 15) is 13.6 Å². The van der Waals surface area contributed by atoms with E-state index in [2.05, 4.69) is 5.32 Å². The zero-order chi connectivity index (χ0) is 11.4. The molecule has 0 fully saturated rings. The molecule has 0 saturated heterocycles. The van der Waals surface area contributed by atoms with Gasteiger partial charge in [-0.15, -0.1) is 0 Å². The van der Waals surface area contributed by atoms with Crippen molar-refractivity contribution < 1.29 is 13.6 Å². The van der Waals surface area contributed by atoms with Gasteiger partial charge in [0.1, 0.15) is 11.4 Å². The SMILES string of the molecule is CCCNC(=O)c1c(F)ccc(N)c1F. The van der Waals surface area contributed by atoms with Crippen molar-refractivity contribution in [2.45, 2.75) is 13.3 Å². The Hall–Kier alpha value is -1.65. The van der Waals surface area contributed by atoms with Crippen LogP contribution in [0.1, 0.15) is 23.7 Å². The van der Waals surface area contributed by atoms with Gasteiger partial charge < -0.3 is 11.1 Å². The van der Waals surface area contributed by atoms with Gasteiger partial charge in [0.25, 0.3) is 5.91 Å². The van der Waals surface area contributed by atoms with Gasteiger partial charge in [0.05, 0.1) is 5.69 Å². The van der Waals surface area contributed by atoms with Crippen LogP contribution >= 0.6 is 0 Å². The number of nitrogens with one attached hydrogen (secondary N) is 1. The van der Waals surface area contributed by atoms with E-state index in [0.29, 0.717) is 13.0 Å². The molecule has 0 saturated carbocycles. The van der Waals surface area contributed by atoms with Crippen LogP contribution in [0.4, 0.5) is 14.5 Å². The van der Waals surface area contributed by atoms with Gasteiger partial charge in [-0.3, -0.25) is 4.79 Å². The largest absolute Gasteiger partial charge is 0.396 e. The third-order valence-corrected chi connectivity index (χ3v) is 1.88. The highest BCUT2D eigenvalue weighted by atomic mass is 19.1. The van der Waals surface area contributed by atoms with Crippen molar-refractivity contribution in [3.8, 4) is 0 Å². The number of benzene rings is 1. The molecular formula is C10H12F2N2O. The molecule has 0 heterocycles. The summed E-state index contributed by atoms with van der Waals surface area (Å²) in [6.07, 6.45) is 0.692. The molecular weight excluding hydrogens is 202 g/mol. The smallest absolute Gasteiger partial charge is 0.257 e. The second kappa shape index (κ2) is 4.72. The maximum atomic E-state index is 13.3. The molecule has 0 aliphatic rings. The number of hydrogen-bond donors (Lipinski definition) is 2. The Bertz CT molecular complexity index is 380. The van der Waals surface area contributed by atoms with Crippen LogP contribution in [0.15, 0.2) is 12.1 Å². The first-order chi connectivity index (χ1) is 7.07. The molecule has 5 heteroatoms. The van der Waals surface area contributed by atoms with Gasteiger partial charge in [-0.2, -0.15) is 0 Å². The molecule has 0 aromatic heterocycles. The van der Waals surface area contributed by atoms with E-state index in [1.807, 2.05) is 6.92 Å². The van der Waals surface area contributed by atoms with Crippen molar-refractivity contribution in [3.63, 3.8) is 0 Å². The van der Waals surface area contributed by atoms with E-state index >= 15 is 0 Å². The highest BCUT2D eigenvalue weighted by Gasteiger charge is 2.18. The minimum absolute atomic E-state index is 0.238. The first kappa shape index (κ1) is 11.4. The molecule has 1 aromatic rings. The normalized spacial score (nSPS) is 10.1. The van der Waals surface area contributed by atoms with Gasteiger partial charge >= 0.3 is 0 Å². The van der Waals surface area contributed by atoms with Crippen LogP contribution in [-0.4, -0.2) is 12.5 Å². The second-order valence-corrected chi connectivity index (χ2v) is 3.08. The molecule has 0 atom stereocenters. The summed E-state index contributed by atoms with van der Waals surface area (Å²) in [5, 5.41) is 2.38. The molecule has 0 bridgehead atoms.